The molecule has 0 amide bonds. The summed E-state index contributed by atoms with van der Waals surface area (Å²) in [6.07, 6.45) is 1.85. The summed E-state index contributed by atoms with van der Waals surface area (Å²) < 4.78 is 6.04. The summed E-state index contributed by atoms with van der Waals surface area (Å²) >= 11 is 0. The lowest BCUT2D eigenvalue weighted by Crippen LogP contribution is -1.90. The standard InChI is InChI=1S/C20H13N3O/c1-12-9-10-15-14-6-4-7-16(18(14)24-20(15)22-12)19-21-11-13-5-2-3-8-17(13)23-19/h2-11H,1H3. The topological polar surface area (TPSA) is 51.8 Å². The Hall–Kier alpha value is -3.27. The molecule has 5 rings (SSSR count). The van der Waals surface area contributed by atoms with Gasteiger partial charge in [-0.3, -0.25) is 0 Å². The number of aromatic nitrogens is 3. The first kappa shape index (κ1) is 13.2. The average molecular weight is 311 g/mol. The highest BCUT2D eigenvalue weighted by atomic mass is 16.3. The summed E-state index contributed by atoms with van der Waals surface area (Å²) in [4.78, 5) is 13.7. The Labute approximate surface area is 137 Å². The number of pyridine rings is 1. The van der Waals surface area contributed by atoms with Gasteiger partial charge in [0.2, 0.25) is 5.71 Å². The predicted octanol–water partition coefficient (Wildman–Crippen LogP) is 4.90. The maximum absolute atomic E-state index is 6.04. The molecule has 4 heteroatoms. The van der Waals surface area contributed by atoms with Crippen LogP contribution < -0.4 is 0 Å². The van der Waals surface area contributed by atoms with Gasteiger partial charge in [-0.25, -0.2) is 15.0 Å². The third-order valence-electron chi connectivity index (χ3n) is 4.23. The van der Waals surface area contributed by atoms with E-state index in [1.807, 2.05) is 61.7 Å². The number of fused-ring (bicyclic) bond motifs is 4. The molecule has 5 aromatic rings. The summed E-state index contributed by atoms with van der Waals surface area (Å²) in [6.45, 7) is 1.96. The normalized spacial score (nSPS) is 11.5. The van der Waals surface area contributed by atoms with E-state index in [0.717, 1.165) is 38.5 Å². The van der Waals surface area contributed by atoms with Gasteiger partial charge in [-0.15, -0.1) is 0 Å². The van der Waals surface area contributed by atoms with Crippen LogP contribution in [0, 0.1) is 6.92 Å². The minimum absolute atomic E-state index is 0.651. The van der Waals surface area contributed by atoms with E-state index in [0.29, 0.717) is 11.5 Å². The molecule has 0 N–H and O–H groups in total. The summed E-state index contributed by atoms with van der Waals surface area (Å²) in [5.41, 5.74) is 4.17. The first-order valence-corrected chi connectivity index (χ1v) is 7.81. The minimum Gasteiger partial charge on any atom is -0.437 e. The Balaban J connectivity index is 1.83. The molecule has 4 nitrogen and oxygen atoms in total. The van der Waals surface area contributed by atoms with E-state index in [-0.39, 0.29) is 0 Å². The first-order chi connectivity index (χ1) is 11.8. The van der Waals surface area contributed by atoms with E-state index in [2.05, 4.69) is 16.0 Å². The molecule has 0 radical (unpaired) electrons. The molecule has 0 atom stereocenters. The van der Waals surface area contributed by atoms with E-state index in [1.165, 1.54) is 0 Å². The van der Waals surface area contributed by atoms with Crippen molar-refractivity contribution in [1.29, 1.82) is 0 Å². The molecule has 2 aromatic carbocycles. The Morgan fingerprint density at radius 3 is 2.71 bits per heavy atom. The van der Waals surface area contributed by atoms with Crippen LogP contribution in [0.2, 0.25) is 0 Å². The second kappa shape index (κ2) is 4.86. The molecule has 3 heterocycles. The Morgan fingerprint density at radius 1 is 0.833 bits per heavy atom. The van der Waals surface area contributed by atoms with Gasteiger partial charge in [-0.1, -0.05) is 30.3 Å². The predicted molar refractivity (Wildman–Crippen MR) is 94.8 cm³/mol. The number of nitrogens with zero attached hydrogens (tertiary/aromatic N) is 3. The van der Waals surface area contributed by atoms with Crippen molar-refractivity contribution in [3.05, 3.63) is 66.5 Å². The van der Waals surface area contributed by atoms with Crippen molar-refractivity contribution < 1.29 is 4.42 Å². The van der Waals surface area contributed by atoms with E-state index in [1.54, 1.807) is 0 Å². The number of hydrogen-bond acceptors (Lipinski definition) is 4. The van der Waals surface area contributed by atoms with Crippen molar-refractivity contribution in [3.63, 3.8) is 0 Å². The largest absolute Gasteiger partial charge is 0.437 e. The molecular formula is C20H13N3O. The maximum Gasteiger partial charge on any atom is 0.227 e. The quantitative estimate of drug-likeness (QED) is 0.442. The highest BCUT2D eigenvalue weighted by Crippen LogP contribution is 2.34. The van der Waals surface area contributed by atoms with Gasteiger partial charge in [0.05, 0.1) is 11.1 Å². The van der Waals surface area contributed by atoms with Crippen LogP contribution in [0.4, 0.5) is 0 Å². The fourth-order valence-electron chi connectivity index (χ4n) is 3.05. The third-order valence-corrected chi connectivity index (χ3v) is 4.23. The molecule has 0 fully saturated rings. The smallest absolute Gasteiger partial charge is 0.227 e. The van der Waals surface area contributed by atoms with Crippen LogP contribution in [0.25, 0.3) is 44.4 Å². The fourth-order valence-corrected chi connectivity index (χ4v) is 3.05. The van der Waals surface area contributed by atoms with Crippen LogP contribution in [0.3, 0.4) is 0 Å². The average Bonchev–Trinajstić information content (AvgIpc) is 2.98. The zero-order chi connectivity index (χ0) is 16.1. The summed E-state index contributed by atoms with van der Waals surface area (Å²) in [5, 5.41) is 3.07. The number of aryl methyl sites for hydroxylation is 1. The number of benzene rings is 2. The van der Waals surface area contributed by atoms with Gasteiger partial charge in [0, 0.05) is 28.0 Å². The third kappa shape index (κ3) is 1.90. The molecule has 0 saturated heterocycles. The number of para-hydroxylation sites is 2. The number of furan rings is 1. The van der Waals surface area contributed by atoms with Crippen LogP contribution in [-0.4, -0.2) is 15.0 Å². The Kier molecular flexibility index (Phi) is 2.67. The van der Waals surface area contributed by atoms with Crippen molar-refractivity contribution in [2.45, 2.75) is 6.92 Å². The van der Waals surface area contributed by atoms with E-state index < -0.39 is 0 Å². The fraction of sp³-hybridized carbons (Fsp3) is 0.0500. The lowest BCUT2D eigenvalue weighted by atomic mass is 10.1. The van der Waals surface area contributed by atoms with Gasteiger partial charge in [-0.2, -0.15) is 0 Å². The molecule has 0 spiro atoms. The second-order valence-corrected chi connectivity index (χ2v) is 5.84. The molecule has 0 aliphatic rings. The zero-order valence-corrected chi connectivity index (χ0v) is 13.0. The zero-order valence-electron chi connectivity index (χ0n) is 13.0. The van der Waals surface area contributed by atoms with Gasteiger partial charge >= 0.3 is 0 Å². The molecular weight excluding hydrogens is 298 g/mol. The summed E-state index contributed by atoms with van der Waals surface area (Å²) in [7, 11) is 0. The highest BCUT2D eigenvalue weighted by Gasteiger charge is 2.14. The second-order valence-electron chi connectivity index (χ2n) is 5.84. The lowest BCUT2D eigenvalue weighted by Gasteiger charge is -2.02. The van der Waals surface area contributed by atoms with Crippen LogP contribution in [0.15, 0.2) is 65.2 Å². The Morgan fingerprint density at radius 2 is 1.75 bits per heavy atom. The molecule has 114 valence electrons. The Bertz CT molecular complexity index is 1220. The molecule has 0 aliphatic carbocycles. The summed E-state index contributed by atoms with van der Waals surface area (Å²) in [5.74, 6) is 0.662. The van der Waals surface area contributed by atoms with E-state index in [4.69, 9.17) is 9.40 Å². The van der Waals surface area contributed by atoms with Gasteiger partial charge in [0.1, 0.15) is 5.58 Å². The monoisotopic (exact) mass is 311 g/mol. The van der Waals surface area contributed by atoms with Crippen molar-refractivity contribution in [2.75, 3.05) is 0 Å². The minimum atomic E-state index is 0.651. The molecule has 24 heavy (non-hydrogen) atoms. The highest BCUT2D eigenvalue weighted by molar-refractivity contribution is 6.08. The van der Waals surface area contributed by atoms with Gasteiger partial charge in [-0.05, 0) is 31.2 Å². The van der Waals surface area contributed by atoms with Gasteiger partial charge < -0.3 is 4.42 Å². The van der Waals surface area contributed by atoms with Crippen molar-refractivity contribution in [3.8, 4) is 11.4 Å². The first-order valence-electron chi connectivity index (χ1n) is 7.81. The van der Waals surface area contributed by atoms with Crippen LogP contribution >= 0.6 is 0 Å². The SMILES string of the molecule is Cc1ccc2c(n1)oc1c(-c3ncc4ccccc4n3)cccc12. The van der Waals surface area contributed by atoms with Gasteiger partial charge in [0.25, 0.3) is 0 Å². The summed E-state index contributed by atoms with van der Waals surface area (Å²) in [6, 6.07) is 18.0. The van der Waals surface area contributed by atoms with E-state index >= 15 is 0 Å². The van der Waals surface area contributed by atoms with Crippen LogP contribution in [0.1, 0.15) is 5.69 Å². The number of hydrogen-bond donors (Lipinski definition) is 0. The van der Waals surface area contributed by atoms with Gasteiger partial charge in [0.15, 0.2) is 5.82 Å². The van der Waals surface area contributed by atoms with Crippen molar-refractivity contribution in [2.24, 2.45) is 0 Å². The van der Waals surface area contributed by atoms with Crippen molar-refractivity contribution in [1.82, 2.24) is 15.0 Å². The maximum atomic E-state index is 6.04. The molecule has 0 saturated carbocycles. The molecule has 0 bridgehead atoms. The van der Waals surface area contributed by atoms with Crippen molar-refractivity contribution >= 4 is 33.0 Å². The van der Waals surface area contributed by atoms with E-state index in [9.17, 15) is 0 Å². The van der Waals surface area contributed by atoms with Crippen LogP contribution in [-0.2, 0) is 0 Å². The molecule has 0 unspecified atom stereocenters. The lowest BCUT2D eigenvalue weighted by molar-refractivity contribution is 0.653. The molecule has 0 aliphatic heterocycles. The van der Waals surface area contributed by atoms with Crippen LogP contribution in [0.5, 0.6) is 0 Å². The number of rotatable bonds is 1. The molecule has 3 aromatic heterocycles.